The molecule has 0 saturated carbocycles. The minimum absolute atomic E-state index is 0.0920. The highest BCUT2D eigenvalue weighted by molar-refractivity contribution is 5.97. The summed E-state index contributed by atoms with van der Waals surface area (Å²) in [6.07, 6.45) is 7.18. The summed E-state index contributed by atoms with van der Waals surface area (Å²) in [4.78, 5) is 29.3. The summed E-state index contributed by atoms with van der Waals surface area (Å²) in [5.41, 5.74) is 2.50. The molecular weight excluding hydrogens is 278 g/mol. The van der Waals surface area contributed by atoms with E-state index in [2.05, 4.69) is 19.9 Å². The van der Waals surface area contributed by atoms with Crippen molar-refractivity contribution in [1.82, 2.24) is 24.8 Å². The molecule has 0 radical (unpaired) electrons. The molecule has 1 aliphatic rings. The van der Waals surface area contributed by atoms with E-state index in [1.807, 2.05) is 29.3 Å². The number of nitrogens with zero attached hydrogens (tertiary/aromatic N) is 3. The Labute approximate surface area is 127 Å². The van der Waals surface area contributed by atoms with E-state index >= 15 is 0 Å². The monoisotopic (exact) mass is 295 g/mol. The Morgan fingerprint density at radius 2 is 2.05 bits per heavy atom. The quantitative estimate of drug-likeness (QED) is 0.761. The molecule has 6 heteroatoms. The summed E-state index contributed by atoms with van der Waals surface area (Å²) in [7, 11) is 0. The topological polar surface area (TPSA) is 77.7 Å². The second kappa shape index (κ2) is 5.29. The number of fused-ring (bicyclic) bond motifs is 1. The molecule has 1 amide bonds. The van der Waals surface area contributed by atoms with Gasteiger partial charge in [0.05, 0.1) is 17.4 Å². The molecular formula is C16H17N5O. The van der Waals surface area contributed by atoms with E-state index in [0.717, 1.165) is 42.8 Å². The van der Waals surface area contributed by atoms with Gasteiger partial charge in [-0.2, -0.15) is 0 Å². The minimum atomic E-state index is 0.0920. The minimum Gasteiger partial charge on any atom is -0.348 e. The molecule has 3 heterocycles. The number of hydrogen-bond donors (Lipinski definition) is 2. The Kier molecular flexibility index (Phi) is 3.14. The van der Waals surface area contributed by atoms with Crippen molar-refractivity contribution < 1.29 is 4.79 Å². The number of rotatable bonds is 2. The van der Waals surface area contributed by atoms with Gasteiger partial charge in [0, 0.05) is 37.0 Å². The molecule has 1 fully saturated rings. The molecule has 6 nitrogen and oxygen atoms in total. The number of likely N-dealkylation sites (tertiary alicyclic amines) is 1. The van der Waals surface area contributed by atoms with Crippen LogP contribution in [0.2, 0.25) is 0 Å². The first-order valence-corrected chi connectivity index (χ1v) is 7.53. The van der Waals surface area contributed by atoms with E-state index in [1.54, 1.807) is 12.5 Å². The van der Waals surface area contributed by atoms with Crippen LogP contribution in [0.25, 0.3) is 11.0 Å². The van der Waals surface area contributed by atoms with Crippen molar-refractivity contribution in [2.75, 3.05) is 13.1 Å². The molecule has 2 N–H and O–H groups in total. The van der Waals surface area contributed by atoms with E-state index < -0.39 is 0 Å². The van der Waals surface area contributed by atoms with Gasteiger partial charge in [0.15, 0.2) is 0 Å². The van der Waals surface area contributed by atoms with Crippen molar-refractivity contribution in [2.24, 2.45) is 0 Å². The third-order valence-corrected chi connectivity index (χ3v) is 4.36. The zero-order valence-corrected chi connectivity index (χ0v) is 12.1. The van der Waals surface area contributed by atoms with Crippen LogP contribution in [0.4, 0.5) is 0 Å². The van der Waals surface area contributed by atoms with Crippen molar-refractivity contribution in [3.63, 3.8) is 0 Å². The zero-order valence-electron chi connectivity index (χ0n) is 12.1. The Morgan fingerprint density at radius 3 is 2.82 bits per heavy atom. The maximum atomic E-state index is 12.6. The van der Waals surface area contributed by atoms with Gasteiger partial charge in [-0.1, -0.05) is 0 Å². The number of benzene rings is 1. The highest BCUT2D eigenvalue weighted by Gasteiger charge is 2.25. The lowest BCUT2D eigenvalue weighted by Crippen LogP contribution is -2.38. The van der Waals surface area contributed by atoms with E-state index in [-0.39, 0.29) is 5.91 Å². The highest BCUT2D eigenvalue weighted by Crippen LogP contribution is 2.26. The van der Waals surface area contributed by atoms with Gasteiger partial charge in [0.2, 0.25) is 0 Å². The SMILES string of the molecule is O=C(c1ccc2nc[nH]c2c1)N1CCC(c2ncc[nH]2)CC1. The number of aromatic nitrogens is 4. The number of nitrogens with one attached hydrogen (secondary N) is 2. The number of carbonyl (C=O) groups is 1. The van der Waals surface area contributed by atoms with Gasteiger partial charge in [-0.05, 0) is 31.0 Å². The van der Waals surface area contributed by atoms with Crippen LogP contribution in [0.1, 0.15) is 34.9 Å². The van der Waals surface area contributed by atoms with Crippen LogP contribution in [0, 0.1) is 0 Å². The van der Waals surface area contributed by atoms with Gasteiger partial charge in [-0.3, -0.25) is 4.79 Å². The lowest BCUT2D eigenvalue weighted by atomic mass is 9.95. The fraction of sp³-hybridized carbons (Fsp3) is 0.312. The van der Waals surface area contributed by atoms with Crippen LogP contribution in [0.3, 0.4) is 0 Å². The molecule has 1 aliphatic heterocycles. The molecule has 2 aromatic heterocycles. The third kappa shape index (κ3) is 2.26. The van der Waals surface area contributed by atoms with E-state index in [9.17, 15) is 4.79 Å². The zero-order chi connectivity index (χ0) is 14.9. The maximum Gasteiger partial charge on any atom is 0.253 e. The van der Waals surface area contributed by atoms with E-state index in [1.165, 1.54) is 0 Å². The van der Waals surface area contributed by atoms with Crippen LogP contribution in [-0.2, 0) is 0 Å². The molecule has 112 valence electrons. The second-order valence-corrected chi connectivity index (χ2v) is 5.68. The lowest BCUT2D eigenvalue weighted by Gasteiger charge is -2.31. The van der Waals surface area contributed by atoms with Gasteiger partial charge in [-0.25, -0.2) is 9.97 Å². The average Bonchev–Trinajstić information content (AvgIpc) is 3.25. The van der Waals surface area contributed by atoms with Crippen LogP contribution < -0.4 is 0 Å². The summed E-state index contributed by atoms with van der Waals surface area (Å²) in [5, 5.41) is 0. The standard InChI is InChI=1S/C16H17N5O/c22-16(12-1-2-13-14(9-12)20-10-19-13)21-7-3-11(4-8-21)15-17-5-6-18-15/h1-2,5-6,9-11H,3-4,7-8H2,(H,17,18)(H,19,20). The Hall–Kier alpha value is -2.63. The predicted molar refractivity (Wildman–Crippen MR) is 82.6 cm³/mol. The first-order valence-electron chi connectivity index (χ1n) is 7.53. The molecule has 0 bridgehead atoms. The molecule has 0 spiro atoms. The Morgan fingerprint density at radius 1 is 1.18 bits per heavy atom. The van der Waals surface area contributed by atoms with Crippen LogP contribution in [-0.4, -0.2) is 43.8 Å². The average molecular weight is 295 g/mol. The normalized spacial score (nSPS) is 16.3. The fourth-order valence-corrected chi connectivity index (χ4v) is 3.11. The smallest absolute Gasteiger partial charge is 0.253 e. The van der Waals surface area contributed by atoms with Crippen LogP contribution >= 0.6 is 0 Å². The van der Waals surface area contributed by atoms with Gasteiger partial charge in [0.25, 0.3) is 5.91 Å². The number of piperidine rings is 1. The van der Waals surface area contributed by atoms with Crippen molar-refractivity contribution in [3.05, 3.63) is 48.3 Å². The Bertz CT molecular complexity index is 784. The second-order valence-electron chi connectivity index (χ2n) is 5.68. The predicted octanol–water partition coefficient (Wildman–Crippen LogP) is 2.31. The van der Waals surface area contributed by atoms with Gasteiger partial charge in [0.1, 0.15) is 5.82 Å². The Balaban J connectivity index is 1.47. The maximum absolute atomic E-state index is 12.6. The number of H-pyrrole nitrogens is 2. The number of amides is 1. The largest absolute Gasteiger partial charge is 0.348 e. The van der Waals surface area contributed by atoms with E-state index in [4.69, 9.17) is 0 Å². The summed E-state index contributed by atoms with van der Waals surface area (Å²) >= 11 is 0. The van der Waals surface area contributed by atoms with Crippen LogP contribution in [0.15, 0.2) is 36.9 Å². The number of carbonyl (C=O) groups excluding carboxylic acids is 1. The van der Waals surface area contributed by atoms with Gasteiger partial charge in [-0.15, -0.1) is 0 Å². The molecule has 0 atom stereocenters. The molecule has 0 unspecified atom stereocenters. The lowest BCUT2D eigenvalue weighted by molar-refractivity contribution is 0.0711. The summed E-state index contributed by atoms with van der Waals surface area (Å²) < 4.78 is 0. The van der Waals surface area contributed by atoms with E-state index in [0.29, 0.717) is 11.5 Å². The first kappa shape index (κ1) is 13.1. The number of hydrogen-bond acceptors (Lipinski definition) is 3. The molecule has 22 heavy (non-hydrogen) atoms. The molecule has 3 aromatic rings. The molecule has 0 aliphatic carbocycles. The van der Waals surface area contributed by atoms with Gasteiger partial charge >= 0.3 is 0 Å². The fourth-order valence-electron chi connectivity index (χ4n) is 3.11. The van der Waals surface area contributed by atoms with Crippen molar-refractivity contribution in [3.8, 4) is 0 Å². The first-order chi connectivity index (χ1) is 10.8. The van der Waals surface area contributed by atoms with Crippen LogP contribution in [0.5, 0.6) is 0 Å². The van der Waals surface area contributed by atoms with Crippen molar-refractivity contribution in [1.29, 1.82) is 0 Å². The van der Waals surface area contributed by atoms with Gasteiger partial charge < -0.3 is 14.9 Å². The van der Waals surface area contributed by atoms with Crippen molar-refractivity contribution in [2.45, 2.75) is 18.8 Å². The molecule has 1 saturated heterocycles. The summed E-state index contributed by atoms with van der Waals surface area (Å²) in [6.45, 7) is 1.54. The third-order valence-electron chi connectivity index (χ3n) is 4.36. The summed E-state index contributed by atoms with van der Waals surface area (Å²) in [5.74, 6) is 1.55. The summed E-state index contributed by atoms with van der Waals surface area (Å²) in [6, 6.07) is 5.61. The highest BCUT2D eigenvalue weighted by atomic mass is 16.2. The van der Waals surface area contributed by atoms with Crippen molar-refractivity contribution >= 4 is 16.9 Å². The number of aromatic amines is 2. The molecule has 1 aromatic carbocycles. The molecule has 4 rings (SSSR count). The number of imidazole rings is 2.